The average Bonchev–Trinajstić information content (AvgIpc) is 2.17. The predicted octanol–water partition coefficient (Wildman–Crippen LogP) is 3.22. The molecule has 4 heteroatoms. The van der Waals surface area contributed by atoms with Crippen LogP contribution < -0.4 is 5.48 Å². The van der Waals surface area contributed by atoms with E-state index in [0.29, 0.717) is 5.56 Å². The second-order valence-corrected chi connectivity index (χ2v) is 5.46. The van der Waals surface area contributed by atoms with Crippen LogP contribution in [0.1, 0.15) is 36.7 Å². The van der Waals surface area contributed by atoms with E-state index in [2.05, 4.69) is 21.4 Å². The number of hydroxylamine groups is 1. The molecule has 3 nitrogen and oxygen atoms in total. The van der Waals surface area contributed by atoms with Gasteiger partial charge >= 0.3 is 0 Å². The summed E-state index contributed by atoms with van der Waals surface area (Å²) in [5, 5.41) is 0. The second kappa shape index (κ2) is 4.97. The summed E-state index contributed by atoms with van der Waals surface area (Å²) in [4.78, 5) is 16.9. The maximum absolute atomic E-state index is 11.7. The number of nitrogens with one attached hydrogen (secondary N) is 1. The van der Waals surface area contributed by atoms with Gasteiger partial charge in [0.05, 0.1) is 5.60 Å². The molecular weight excluding hydrogens is 270 g/mol. The zero-order valence-electron chi connectivity index (χ0n) is 9.93. The summed E-state index contributed by atoms with van der Waals surface area (Å²) in [6.07, 6.45) is 0. The van der Waals surface area contributed by atoms with Crippen molar-refractivity contribution in [2.45, 2.75) is 33.3 Å². The minimum absolute atomic E-state index is 0.231. The van der Waals surface area contributed by atoms with Gasteiger partial charge in [0.2, 0.25) is 0 Å². The third-order valence-corrected chi connectivity index (χ3v) is 2.76. The Morgan fingerprint density at radius 3 is 2.50 bits per heavy atom. The fourth-order valence-corrected chi connectivity index (χ4v) is 1.29. The lowest BCUT2D eigenvalue weighted by Crippen LogP contribution is -2.33. The summed E-state index contributed by atoms with van der Waals surface area (Å²) in [6, 6.07) is 5.41. The molecule has 0 aliphatic heterocycles. The highest BCUT2D eigenvalue weighted by atomic mass is 79.9. The van der Waals surface area contributed by atoms with Crippen molar-refractivity contribution in [3.8, 4) is 0 Å². The number of benzene rings is 1. The molecule has 16 heavy (non-hydrogen) atoms. The van der Waals surface area contributed by atoms with Crippen LogP contribution in [0, 0.1) is 6.92 Å². The van der Waals surface area contributed by atoms with E-state index >= 15 is 0 Å². The predicted molar refractivity (Wildman–Crippen MR) is 67.2 cm³/mol. The molecular formula is C12H16BrNO2. The number of hydrogen-bond donors (Lipinski definition) is 1. The van der Waals surface area contributed by atoms with Gasteiger partial charge in [-0.3, -0.25) is 9.63 Å². The Kier molecular flexibility index (Phi) is 4.10. The Morgan fingerprint density at radius 2 is 2.00 bits per heavy atom. The topological polar surface area (TPSA) is 38.3 Å². The van der Waals surface area contributed by atoms with E-state index < -0.39 is 0 Å². The quantitative estimate of drug-likeness (QED) is 0.848. The maximum atomic E-state index is 11.7. The van der Waals surface area contributed by atoms with E-state index in [1.807, 2.05) is 39.8 Å². The molecule has 88 valence electrons. The summed E-state index contributed by atoms with van der Waals surface area (Å²) in [5.74, 6) is -0.231. The molecule has 1 rings (SSSR count). The SMILES string of the molecule is Cc1cc(C(=O)NOC(C)(C)C)ccc1Br. The Hall–Kier alpha value is -0.870. The van der Waals surface area contributed by atoms with Gasteiger partial charge in [0.15, 0.2) is 0 Å². The molecule has 1 N–H and O–H groups in total. The number of carbonyl (C=O) groups is 1. The van der Waals surface area contributed by atoms with Gasteiger partial charge in [0.1, 0.15) is 0 Å². The fraction of sp³-hybridized carbons (Fsp3) is 0.417. The van der Waals surface area contributed by atoms with Crippen molar-refractivity contribution in [2.24, 2.45) is 0 Å². The lowest BCUT2D eigenvalue weighted by molar-refractivity contribution is -0.0589. The van der Waals surface area contributed by atoms with Crippen LogP contribution in [0.3, 0.4) is 0 Å². The summed E-state index contributed by atoms with van der Waals surface area (Å²) in [7, 11) is 0. The first-order valence-corrected chi connectivity index (χ1v) is 5.83. The lowest BCUT2D eigenvalue weighted by atomic mass is 10.1. The smallest absolute Gasteiger partial charge is 0.268 e. The van der Waals surface area contributed by atoms with Gasteiger partial charge in [-0.25, -0.2) is 5.48 Å². The van der Waals surface area contributed by atoms with Crippen LogP contribution in [0.15, 0.2) is 22.7 Å². The molecule has 0 radical (unpaired) electrons. The summed E-state index contributed by atoms with van der Waals surface area (Å²) in [5.41, 5.74) is 3.65. The van der Waals surface area contributed by atoms with Crippen LogP contribution >= 0.6 is 15.9 Å². The van der Waals surface area contributed by atoms with E-state index in [9.17, 15) is 4.79 Å². The van der Waals surface area contributed by atoms with Crippen LogP contribution in [-0.2, 0) is 4.84 Å². The molecule has 0 fully saturated rings. The number of amides is 1. The minimum Gasteiger partial charge on any atom is -0.268 e. The van der Waals surface area contributed by atoms with Crippen LogP contribution in [0.2, 0.25) is 0 Å². The van der Waals surface area contributed by atoms with Crippen LogP contribution in [0.25, 0.3) is 0 Å². The van der Waals surface area contributed by atoms with Gasteiger partial charge in [-0.05, 0) is 51.5 Å². The number of rotatable bonds is 2. The third kappa shape index (κ3) is 3.94. The van der Waals surface area contributed by atoms with E-state index in [4.69, 9.17) is 4.84 Å². The van der Waals surface area contributed by atoms with Crippen molar-refractivity contribution in [3.05, 3.63) is 33.8 Å². The van der Waals surface area contributed by atoms with E-state index in [0.717, 1.165) is 10.0 Å². The molecule has 0 saturated heterocycles. The van der Waals surface area contributed by atoms with E-state index in [-0.39, 0.29) is 11.5 Å². The van der Waals surface area contributed by atoms with Gasteiger partial charge in [-0.15, -0.1) is 0 Å². The Morgan fingerprint density at radius 1 is 1.38 bits per heavy atom. The zero-order valence-corrected chi connectivity index (χ0v) is 11.5. The number of carbonyl (C=O) groups excluding carboxylic acids is 1. The molecule has 0 bridgehead atoms. The molecule has 1 amide bonds. The molecule has 0 aliphatic rings. The van der Waals surface area contributed by atoms with Gasteiger partial charge in [0.25, 0.3) is 5.91 Å². The van der Waals surface area contributed by atoms with Crippen LogP contribution in [0.4, 0.5) is 0 Å². The van der Waals surface area contributed by atoms with Gasteiger partial charge < -0.3 is 0 Å². The van der Waals surface area contributed by atoms with Crippen LogP contribution in [-0.4, -0.2) is 11.5 Å². The maximum Gasteiger partial charge on any atom is 0.274 e. The molecule has 0 spiro atoms. The minimum atomic E-state index is -0.389. The number of halogens is 1. The molecule has 0 heterocycles. The average molecular weight is 286 g/mol. The highest BCUT2D eigenvalue weighted by Gasteiger charge is 2.14. The van der Waals surface area contributed by atoms with Crippen molar-refractivity contribution in [2.75, 3.05) is 0 Å². The van der Waals surface area contributed by atoms with Crippen molar-refractivity contribution >= 4 is 21.8 Å². The monoisotopic (exact) mass is 285 g/mol. The van der Waals surface area contributed by atoms with Crippen molar-refractivity contribution in [1.29, 1.82) is 0 Å². The highest BCUT2D eigenvalue weighted by molar-refractivity contribution is 9.10. The largest absolute Gasteiger partial charge is 0.274 e. The first-order chi connectivity index (χ1) is 7.29. The molecule has 0 saturated carbocycles. The fourth-order valence-electron chi connectivity index (χ4n) is 1.04. The van der Waals surface area contributed by atoms with Crippen LogP contribution in [0.5, 0.6) is 0 Å². The number of hydrogen-bond acceptors (Lipinski definition) is 2. The first-order valence-electron chi connectivity index (χ1n) is 5.04. The second-order valence-electron chi connectivity index (χ2n) is 4.61. The molecule has 0 atom stereocenters. The lowest BCUT2D eigenvalue weighted by Gasteiger charge is -2.19. The van der Waals surface area contributed by atoms with Gasteiger partial charge in [-0.1, -0.05) is 15.9 Å². The Bertz CT molecular complexity index is 396. The zero-order chi connectivity index (χ0) is 12.3. The number of aryl methyl sites for hydroxylation is 1. The third-order valence-electron chi connectivity index (χ3n) is 1.87. The molecule has 0 aliphatic carbocycles. The molecule has 1 aromatic carbocycles. The summed E-state index contributed by atoms with van der Waals surface area (Å²) >= 11 is 3.39. The first kappa shape index (κ1) is 13.2. The normalized spacial score (nSPS) is 11.3. The molecule has 0 aromatic heterocycles. The summed E-state index contributed by atoms with van der Waals surface area (Å²) in [6.45, 7) is 7.56. The molecule has 0 unspecified atom stereocenters. The van der Waals surface area contributed by atoms with Crippen molar-refractivity contribution in [3.63, 3.8) is 0 Å². The van der Waals surface area contributed by atoms with Gasteiger partial charge in [-0.2, -0.15) is 0 Å². The standard InChI is InChI=1S/C12H16BrNO2/c1-8-7-9(5-6-10(8)13)11(15)14-16-12(2,3)4/h5-7H,1-4H3,(H,14,15). The van der Waals surface area contributed by atoms with E-state index in [1.54, 1.807) is 6.07 Å². The van der Waals surface area contributed by atoms with Crippen molar-refractivity contribution in [1.82, 2.24) is 5.48 Å². The van der Waals surface area contributed by atoms with Gasteiger partial charge in [0, 0.05) is 10.0 Å². The van der Waals surface area contributed by atoms with E-state index in [1.165, 1.54) is 0 Å². The van der Waals surface area contributed by atoms with Crippen molar-refractivity contribution < 1.29 is 9.63 Å². The Balaban J connectivity index is 2.70. The highest BCUT2D eigenvalue weighted by Crippen LogP contribution is 2.17. The summed E-state index contributed by atoms with van der Waals surface area (Å²) < 4.78 is 0.987. The Labute approximate surface area is 104 Å². The molecule has 1 aromatic rings.